The average Bonchev–Trinajstić information content (AvgIpc) is 2.82. The van der Waals surface area contributed by atoms with Crippen LogP contribution in [0.4, 0.5) is 0 Å². The maximum Gasteiger partial charge on any atom is 0.200 e. The van der Waals surface area contributed by atoms with E-state index in [1.807, 2.05) is 41.0 Å². The first-order chi connectivity index (χ1) is 9.25. The molecular weight excluding hydrogens is 258 g/mol. The largest absolute Gasteiger partial charge is 0.508 e. The van der Waals surface area contributed by atoms with Crippen LogP contribution < -0.4 is 0 Å². The van der Waals surface area contributed by atoms with Gasteiger partial charge in [-0.05, 0) is 36.5 Å². The lowest BCUT2D eigenvalue weighted by molar-refractivity contribution is 0.475. The maximum atomic E-state index is 9.57. The number of hydrogen-bond acceptors (Lipinski definition) is 3. The van der Waals surface area contributed by atoms with E-state index < -0.39 is 0 Å². The number of phenols is 1. The van der Waals surface area contributed by atoms with Crippen molar-refractivity contribution in [2.24, 2.45) is 0 Å². The molecule has 2 N–H and O–H groups in total. The van der Waals surface area contributed by atoms with Crippen LogP contribution in [0.15, 0.2) is 54.6 Å². The predicted octanol–water partition coefficient (Wildman–Crippen LogP) is 3.30. The minimum absolute atomic E-state index is 0.200. The summed E-state index contributed by atoms with van der Waals surface area (Å²) in [6, 6.07) is 16.7. The van der Waals surface area contributed by atoms with Gasteiger partial charge < -0.3 is 5.11 Å². The van der Waals surface area contributed by atoms with E-state index in [1.54, 1.807) is 18.2 Å². The fourth-order valence-corrected chi connectivity index (χ4v) is 2.19. The summed E-state index contributed by atoms with van der Waals surface area (Å²) in [6.45, 7) is 0. The fraction of sp³-hybridized carbons (Fsp3) is 0. The second-order valence-corrected chi connectivity index (χ2v) is 4.46. The molecule has 2 aromatic carbocycles. The number of aromatic amines is 1. The van der Waals surface area contributed by atoms with Gasteiger partial charge in [0.05, 0.1) is 0 Å². The van der Waals surface area contributed by atoms with E-state index in [-0.39, 0.29) is 5.75 Å². The van der Waals surface area contributed by atoms with Crippen molar-refractivity contribution in [3.05, 3.63) is 59.4 Å². The minimum Gasteiger partial charge on any atom is -0.508 e. The molecule has 1 aromatic heterocycles. The van der Waals surface area contributed by atoms with Crippen LogP contribution in [-0.2, 0) is 0 Å². The van der Waals surface area contributed by atoms with Gasteiger partial charge in [-0.2, -0.15) is 5.10 Å². The predicted molar refractivity (Wildman–Crippen MR) is 75.8 cm³/mol. The molecule has 0 saturated heterocycles. The summed E-state index contributed by atoms with van der Waals surface area (Å²) in [5, 5.41) is 16.6. The van der Waals surface area contributed by atoms with Crippen molar-refractivity contribution in [1.29, 1.82) is 0 Å². The molecule has 1 heterocycles. The summed E-state index contributed by atoms with van der Waals surface area (Å²) >= 11 is 5.27. The van der Waals surface area contributed by atoms with Gasteiger partial charge in [0, 0.05) is 11.3 Å². The zero-order valence-electron chi connectivity index (χ0n) is 9.95. The molecule has 0 bridgehead atoms. The number of hydrogen-bond donors (Lipinski definition) is 2. The van der Waals surface area contributed by atoms with Crippen LogP contribution in [0.1, 0.15) is 0 Å². The zero-order valence-corrected chi connectivity index (χ0v) is 10.8. The second kappa shape index (κ2) is 4.70. The number of para-hydroxylation sites is 1. The van der Waals surface area contributed by atoms with Crippen LogP contribution in [0, 0.1) is 4.77 Å². The van der Waals surface area contributed by atoms with E-state index >= 15 is 0 Å². The number of H-pyrrole nitrogens is 1. The Hall–Kier alpha value is -2.40. The van der Waals surface area contributed by atoms with Crippen LogP contribution in [-0.4, -0.2) is 19.9 Å². The van der Waals surface area contributed by atoms with E-state index in [4.69, 9.17) is 12.2 Å². The Bertz CT molecular complexity index is 762. The van der Waals surface area contributed by atoms with Crippen LogP contribution in [0.25, 0.3) is 17.1 Å². The Morgan fingerprint density at radius 1 is 1.05 bits per heavy atom. The lowest BCUT2D eigenvalue weighted by atomic mass is 10.2. The Balaban J connectivity index is 2.22. The normalized spacial score (nSPS) is 10.5. The lowest BCUT2D eigenvalue weighted by Crippen LogP contribution is -1.97. The number of nitrogens with one attached hydrogen (secondary N) is 1. The van der Waals surface area contributed by atoms with Crippen LogP contribution >= 0.6 is 12.2 Å². The van der Waals surface area contributed by atoms with Crippen molar-refractivity contribution in [2.75, 3.05) is 0 Å². The van der Waals surface area contributed by atoms with Gasteiger partial charge in [0.25, 0.3) is 0 Å². The summed E-state index contributed by atoms with van der Waals surface area (Å²) < 4.78 is 2.36. The van der Waals surface area contributed by atoms with E-state index in [9.17, 15) is 5.11 Å². The number of aromatic hydroxyl groups is 1. The Labute approximate surface area is 115 Å². The van der Waals surface area contributed by atoms with Gasteiger partial charge in [-0.25, -0.2) is 0 Å². The van der Waals surface area contributed by atoms with Crippen molar-refractivity contribution < 1.29 is 5.11 Å². The van der Waals surface area contributed by atoms with Crippen molar-refractivity contribution in [3.8, 4) is 22.8 Å². The summed E-state index contributed by atoms with van der Waals surface area (Å²) in [6.07, 6.45) is 0. The highest BCUT2D eigenvalue weighted by atomic mass is 32.1. The third-order valence-corrected chi connectivity index (χ3v) is 3.06. The molecule has 0 atom stereocenters. The fourth-order valence-electron chi connectivity index (χ4n) is 1.95. The first-order valence-corrected chi connectivity index (χ1v) is 6.19. The highest BCUT2D eigenvalue weighted by Gasteiger charge is 2.10. The van der Waals surface area contributed by atoms with Crippen LogP contribution in [0.3, 0.4) is 0 Å². The molecule has 4 nitrogen and oxygen atoms in total. The van der Waals surface area contributed by atoms with E-state index in [0.717, 1.165) is 11.3 Å². The molecule has 0 fully saturated rings. The lowest BCUT2D eigenvalue weighted by Gasteiger charge is -2.06. The molecule has 5 heteroatoms. The van der Waals surface area contributed by atoms with Gasteiger partial charge in [0.15, 0.2) is 10.6 Å². The quantitative estimate of drug-likeness (QED) is 0.702. The molecule has 0 saturated carbocycles. The van der Waals surface area contributed by atoms with Gasteiger partial charge in [0.1, 0.15) is 5.75 Å². The van der Waals surface area contributed by atoms with Gasteiger partial charge >= 0.3 is 0 Å². The summed E-state index contributed by atoms with van der Waals surface area (Å²) in [7, 11) is 0. The molecule has 19 heavy (non-hydrogen) atoms. The van der Waals surface area contributed by atoms with Crippen molar-refractivity contribution in [3.63, 3.8) is 0 Å². The van der Waals surface area contributed by atoms with Crippen molar-refractivity contribution in [1.82, 2.24) is 14.8 Å². The first kappa shape index (κ1) is 11.7. The first-order valence-electron chi connectivity index (χ1n) is 5.78. The van der Waals surface area contributed by atoms with Crippen LogP contribution in [0.2, 0.25) is 0 Å². The number of nitrogens with zero attached hydrogens (tertiary/aromatic N) is 2. The number of benzene rings is 2. The monoisotopic (exact) mass is 269 g/mol. The maximum absolute atomic E-state index is 9.57. The molecule has 0 aliphatic rings. The van der Waals surface area contributed by atoms with E-state index in [0.29, 0.717) is 10.6 Å². The second-order valence-electron chi connectivity index (χ2n) is 4.07. The van der Waals surface area contributed by atoms with Crippen molar-refractivity contribution in [2.45, 2.75) is 0 Å². The average molecular weight is 269 g/mol. The third-order valence-electron chi connectivity index (χ3n) is 2.79. The molecule has 94 valence electrons. The minimum atomic E-state index is 0.200. The SMILES string of the molecule is Oc1cccc(-c2n[nH]c(=S)n2-c2ccccc2)c1. The van der Waals surface area contributed by atoms with Crippen molar-refractivity contribution >= 4 is 12.2 Å². The molecule has 0 spiro atoms. The molecule has 0 unspecified atom stereocenters. The number of aromatic nitrogens is 3. The van der Waals surface area contributed by atoms with E-state index in [1.165, 1.54) is 0 Å². The van der Waals surface area contributed by atoms with E-state index in [2.05, 4.69) is 10.2 Å². The topological polar surface area (TPSA) is 53.8 Å². The highest BCUT2D eigenvalue weighted by molar-refractivity contribution is 7.71. The number of rotatable bonds is 2. The molecule has 0 amide bonds. The molecule has 0 aliphatic heterocycles. The smallest absolute Gasteiger partial charge is 0.200 e. The molecule has 0 aliphatic carbocycles. The Morgan fingerprint density at radius 3 is 2.58 bits per heavy atom. The Kier molecular flexibility index (Phi) is 2.89. The van der Waals surface area contributed by atoms with Gasteiger partial charge in [-0.1, -0.05) is 30.3 Å². The molecule has 3 rings (SSSR count). The van der Waals surface area contributed by atoms with Gasteiger partial charge in [0.2, 0.25) is 0 Å². The summed E-state index contributed by atoms with van der Waals surface area (Å²) in [4.78, 5) is 0. The highest BCUT2D eigenvalue weighted by Crippen LogP contribution is 2.24. The summed E-state index contributed by atoms with van der Waals surface area (Å²) in [5.74, 6) is 0.873. The van der Waals surface area contributed by atoms with Crippen LogP contribution in [0.5, 0.6) is 5.75 Å². The number of phenolic OH excluding ortho intramolecular Hbond substituents is 1. The Morgan fingerprint density at radius 2 is 1.84 bits per heavy atom. The molecule has 3 aromatic rings. The standard InChI is InChI=1S/C14H11N3OS/c18-12-8-4-5-10(9-12)13-15-16-14(19)17(13)11-6-2-1-3-7-11/h1-9,18H,(H,16,19). The zero-order chi connectivity index (χ0) is 13.2. The molecular formula is C14H11N3OS. The molecule has 0 radical (unpaired) electrons. The van der Waals surface area contributed by atoms with Gasteiger partial charge in [-0.3, -0.25) is 9.67 Å². The van der Waals surface area contributed by atoms with Gasteiger partial charge in [-0.15, -0.1) is 0 Å². The third kappa shape index (κ3) is 2.15. The summed E-state index contributed by atoms with van der Waals surface area (Å²) in [5.41, 5.74) is 1.73.